The quantitative estimate of drug-likeness (QED) is 0.759. The fourth-order valence-corrected chi connectivity index (χ4v) is 3.21. The molecule has 1 aliphatic carbocycles. The Morgan fingerprint density at radius 1 is 1.12 bits per heavy atom. The zero-order chi connectivity index (χ0) is 12.4. The lowest BCUT2D eigenvalue weighted by molar-refractivity contribution is -0.140. The minimum absolute atomic E-state index is 0.187. The van der Waals surface area contributed by atoms with E-state index in [1.807, 2.05) is 0 Å². The molecule has 0 aromatic carbocycles. The molecule has 1 amide bonds. The standard InChI is InChI=1S/C14H26N2O/c1-10-6-8-16(9-7-10)14(17)12-4-3-5-13(15)11(12)2/h10-13H,3-9,15H2,1-2H3. The van der Waals surface area contributed by atoms with Crippen molar-refractivity contribution in [2.24, 2.45) is 23.5 Å². The molecule has 1 aliphatic heterocycles. The molecule has 3 atom stereocenters. The van der Waals surface area contributed by atoms with Crippen LogP contribution in [0, 0.1) is 17.8 Å². The zero-order valence-corrected chi connectivity index (χ0v) is 11.2. The van der Waals surface area contributed by atoms with Crippen LogP contribution in [-0.4, -0.2) is 29.9 Å². The molecule has 3 nitrogen and oxygen atoms in total. The van der Waals surface area contributed by atoms with Gasteiger partial charge in [0.2, 0.25) is 5.91 Å². The lowest BCUT2D eigenvalue weighted by Gasteiger charge is -2.38. The molecule has 2 rings (SSSR count). The molecule has 1 saturated carbocycles. The normalized spacial score (nSPS) is 35.9. The number of hydrogen-bond acceptors (Lipinski definition) is 2. The van der Waals surface area contributed by atoms with Gasteiger partial charge in [-0.05, 0) is 37.5 Å². The van der Waals surface area contributed by atoms with Gasteiger partial charge in [0.15, 0.2) is 0 Å². The van der Waals surface area contributed by atoms with E-state index in [-0.39, 0.29) is 12.0 Å². The molecule has 3 unspecified atom stereocenters. The van der Waals surface area contributed by atoms with Crippen molar-refractivity contribution >= 4 is 5.91 Å². The van der Waals surface area contributed by atoms with Crippen LogP contribution in [0.15, 0.2) is 0 Å². The number of carbonyl (C=O) groups is 1. The number of rotatable bonds is 1. The fourth-order valence-electron chi connectivity index (χ4n) is 3.21. The Bertz CT molecular complexity index is 271. The molecule has 0 radical (unpaired) electrons. The molecule has 3 heteroatoms. The van der Waals surface area contributed by atoms with Gasteiger partial charge in [0.05, 0.1) is 0 Å². The monoisotopic (exact) mass is 238 g/mol. The van der Waals surface area contributed by atoms with E-state index >= 15 is 0 Å². The highest BCUT2D eigenvalue weighted by Crippen LogP contribution is 2.31. The summed E-state index contributed by atoms with van der Waals surface area (Å²) in [6.45, 7) is 6.34. The van der Waals surface area contributed by atoms with Gasteiger partial charge in [-0.3, -0.25) is 4.79 Å². The molecular formula is C14H26N2O. The molecule has 0 aromatic rings. The zero-order valence-electron chi connectivity index (χ0n) is 11.2. The Morgan fingerprint density at radius 2 is 1.76 bits per heavy atom. The maximum absolute atomic E-state index is 12.5. The van der Waals surface area contributed by atoms with Gasteiger partial charge in [0.25, 0.3) is 0 Å². The van der Waals surface area contributed by atoms with Crippen molar-refractivity contribution in [1.82, 2.24) is 4.90 Å². The fraction of sp³-hybridized carbons (Fsp3) is 0.929. The van der Waals surface area contributed by atoms with Crippen LogP contribution in [0.1, 0.15) is 46.0 Å². The number of carbonyl (C=O) groups excluding carboxylic acids is 1. The summed E-state index contributed by atoms with van der Waals surface area (Å²) in [6, 6.07) is 0.224. The summed E-state index contributed by atoms with van der Waals surface area (Å²) in [5.41, 5.74) is 6.09. The van der Waals surface area contributed by atoms with Crippen LogP contribution in [0.2, 0.25) is 0 Å². The first-order valence-electron chi connectivity index (χ1n) is 7.14. The lowest BCUT2D eigenvalue weighted by Crippen LogP contribution is -2.47. The van der Waals surface area contributed by atoms with Crippen LogP contribution in [-0.2, 0) is 4.79 Å². The summed E-state index contributed by atoms with van der Waals surface area (Å²) in [5.74, 6) is 1.70. The molecule has 0 spiro atoms. The van der Waals surface area contributed by atoms with Crippen LogP contribution < -0.4 is 5.73 Å². The summed E-state index contributed by atoms with van der Waals surface area (Å²) in [6.07, 6.45) is 5.58. The number of piperidine rings is 1. The van der Waals surface area contributed by atoms with Gasteiger partial charge >= 0.3 is 0 Å². The Hall–Kier alpha value is -0.570. The van der Waals surface area contributed by atoms with Gasteiger partial charge in [-0.15, -0.1) is 0 Å². The van der Waals surface area contributed by atoms with Gasteiger partial charge in [-0.1, -0.05) is 20.3 Å². The highest BCUT2D eigenvalue weighted by atomic mass is 16.2. The van der Waals surface area contributed by atoms with E-state index < -0.39 is 0 Å². The first kappa shape index (κ1) is 12.9. The molecule has 1 saturated heterocycles. The molecule has 1 heterocycles. The second-order valence-electron chi connectivity index (χ2n) is 6.07. The van der Waals surface area contributed by atoms with E-state index in [1.165, 1.54) is 12.8 Å². The van der Waals surface area contributed by atoms with Gasteiger partial charge < -0.3 is 10.6 Å². The van der Waals surface area contributed by atoms with Gasteiger partial charge in [0.1, 0.15) is 0 Å². The second-order valence-corrected chi connectivity index (χ2v) is 6.07. The smallest absolute Gasteiger partial charge is 0.226 e. The first-order valence-corrected chi connectivity index (χ1v) is 7.14. The molecule has 2 fully saturated rings. The van der Waals surface area contributed by atoms with Crippen LogP contribution in [0.3, 0.4) is 0 Å². The molecule has 2 N–H and O–H groups in total. The molecule has 98 valence electrons. The summed E-state index contributed by atoms with van der Waals surface area (Å²) in [7, 11) is 0. The van der Waals surface area contributed by atoms with E-state index in [2.05, 4.69) is 18.7 Å². The number of hydrogen-bond donors (Lipinski definition) is 1. The average Bonchev–Trinajstić information content (AvgIpc) is 2.33. The van der Waals surface area contributed by atoms with E-state index in [9.17, 15) is 4.79 Å². The van der Waals surface area contributed by atoms with Gasteiger partial charge in [-0.2, -0.15) is 0 Å². The number of nitrogens with zero attached hydrogens (tertiary/aromatic N) is 1. The number of nitrogens with two attached hydrogens (primary N) is 1. The minimum Gasteiger partial charge on any atom is -0.342 e. The van der Waals surface area contributed by atoms with Crippen molar-refractivity contribution in [2.45, 2.75) is 52.0 Å². The predicted octanol–water partition coefficient (Wildman–Crippen LogP) is 2.01. The highest BCUT2D eigenvalue weighted by molar-refractivity contribution is 5.79. The molecule has 0 aromatic heterocycles. The Balaban J connectivity index is 1.94. The second kappa shape index (κ2) is 5.38. The van der Waals surface area contributed by atoms with E-state index in [0.717, 1.165) is 38.3 Å². The van der Waals surface area contributed by atoms with Crippen LogP contribution in [0.25, 0.3) is 0 Å². The summed E-state index contributed by atoms with van der Waals surface area (Å²) >= 11 is 0. The Kier molecular flexibility index (Phi) is 4.08. The van der Waals surface area contributed by atoms with Crippen molar-refractivity contribution in [1.29, 1.82) is 0 Å². The van der Waals surface area contributed by atoms with E-state index in [4.69, 9.17) is 5.73 Å². The summed E-state index contributed by atoms with van der Waals surface area (Å²) < 4.78 is 0. The summed E-state index contributed by atoms with van der Waals surface area (Å²) in [4.78, 5) is 14.6. The SMILES string of the molecule is CC1CCN(C(=O)C2CCCC(N)C2C)CC1. The average molecular weight is 238 g/mol. The van der Waals surface area contributed by atoms with Crippen LogP contribution >= 0.6 is 0 Å². The maximum Gasteiger partial charge on any atom is 0.226 e. The topological polar surface area (TPSA) is 46.3 Å². The number of amides is 1. The first-order chi connectivity index (χ1) is 8.09. The lowest BCUT2D eigenvalue weighted by atomic mass is 9.76. The Labute approximate surface area is 105 Å². The van der Waals surface area contributed by atoms with E-state index in [0.29, 0.717) is 11.8 Å². The van der Waals surface area contributed by atoms with Crippen LogP contribution in [0.5, 0.6) is 0 Å². The molecule has 2 aliphatic rings. The van der Waals surface area contributed by atoms with Gasteiger partial charge in [0, 0.05) is 25.0 Å². The van der Waals surface area contributed by atoms with Crippen molar-refractivity contribution in [3.63, 3.8) is 0 Å². The molecule has 17 heavy (non-hydrogen) atoms. The third kappa shape index (κ3) is 2.82. The highest BCUT2D eigenvalue weighted by Gasteiger charge is 2.35. The van der Waals surface area contributed by atoms with Crippen LogP contribution in [0.4, 0.5) is 0 Å². The van der Waals surface area contributed by atoms with Gasteiger partial charge in [-0.25, -0.2) is 0 Å². The van der Waals surface area contributed by atoms with Crippen molar-refractivity contribution < 1.29 is 4.79 Å². The van der Waals surface area contributed by atoms with Crippen molar-refractivity contribution in [3.8, 4) is 0 Å². The molecular weight excluding hydrogens is 212 g/mol. The summed E-state index contributed by atoms with van der Waals surface area (Å²) in [5, 5.41) is 0. The van der Waals surface area contributed by atoms with E-state index in [1.54, 1.807) is 0 Å². The van der Waals surface area contributed by atoms with Crippen molar-refractivity contribution in [3.05, 3.63) is 0 Å². The maximum atomic E-state index is 12.5. The predicted molar refractivity (Wildman–Crippen MR) is 69.5 cm³/mol. The number of likely N-dealkylation sites (tertiary alicyclic amines) is 1. The third-order valence-corrected chi connectivity index (χ3v) is 4.78. The minimum atomic E-state index is 0.187. The third-order valence-electron chi connectivity index (χ3n) is 4.78. The molecule has 0 bridgehead atoms. The largest absolute Gasteiger partial charge is 0.342 e. The van der Waals surface area contributed by atoms with Crippen molar-refractivity contribution in [2.75, 3.05) is 13.1 Å². The Morgan fingerprint density at radius 3 is 2.41 bits per heavy atom.